The number of hydrogen-bond acceptors (Lipinski definition) is 2. The number of allylic oxidation sites excluding steroid dienone is 2. The van der Waals surface area contributed by atoms with Gasteiger partial charge < -0.3 is 10.2 Å². The summed E-state index contributed by atoms with van der Waals surface area (Å²) >= 11 is 0. The number of fused-ring (bicyclic) bond motifs is 1. The van der Waals surface area contributed by atoms with E-state index in [1.54, 1.807) is 6.08 Å². The first-order chi connectivity index (χ1) is 10.0. The lowest BCUT2D eigenvalue weighted by Crippen LogP contribution is -1.91. The molecule has 0 saturated heterocycles. The van der Waals surface area contributed by atoms with Gasteiger partial charge in [-0.05, 0) is 52.9 Å². The number of benzene rings is 2. The number of carboxylic acids is 1. The summed E-state index contributed by atoms with van der Waals surface area (Å²) in [7, 11) is 0. The Morgan fingerprint density at radius 1 is 1.14 bits per heavy atom. The normalized spacial score (nSPS) is 11.8. The average molecular weight is 282 g/mol. The lowest BCUT2D eigenvalue weighted by Gasteiger charge is -2.11. The summed E-state index contributed by atoms with van der Waals surface area (Å²) in [5, 5.41) is 20.1. The van der Waals surface area contributed by atoms with Gasteiger partial charge in [0.25, 0.3) is 0 Å². The molecule has 0 aliphatic carbocycles. The van der Waals surface area contributed by atoms with Gasteiger partial charge >= 0.3 is 5.97 Å². The molecule has 108 valence electrons. The average Bonchev–Trinajstić information content (AvgIpc) is 2.45. The third kappa shape index (κ3) is 3.38. The maximum absolute atomic E-state index is 10.5. The number of carbonyl (C=O) groups is 1. The molecule has 2 aromatic rings. The number of aliphatic hydroxyl groups excluding tert-OH is 1. The van der Waals surface area contributed by atoms with Crippen molar-refractivity contribution in [3.63, 3.8) is 0 Å². The fourth-order valence-electron chi connectivity index (χ4n) is 2.49. The van der Waals surface area contributed by atoms with E-state index in [-0.39, 0.29) is 6.61 Å². The highest BCUT2D eigenvalue weighted by Crippen LogP contribution is 2.28. The molecule has 0 spiro atoms. The fraction of sp³-hybridized carbons (Fsp3) is 0.167. The second kappa shape index (κ2) is 6.37. The minimum absolute atomic E-state index is 0.0250. The van der Waals surface area contributed by atoms with Crippen molar-refractivity contribution in [3.8, 4) is 0 Å². The Labute approximate surface area is 123 Å². The molecular weight excluding hydrogens is 264 g/mol. The van der Waals surface area contributed by atoms with Crippen LogP contribution in [0.4, 0.5) is 0 Å². The molecule has 2 aromatic carbocycles. The molecule has 0 unspecified atom stereocenters. The van der Waals surface area contributed by atoms with Gasteiger partial charge in [-0.25, -0.2) is 4.79 Å². The van der Waals surface area contributed by atoms with Crippen LogP contribution < -0.4 is 0 Å². The van der Waals surface area contributed by atoms with Crippen molar-refractivity contribution in [1.82, 2.24) is 0 Å². The third-order valence-corrected chi connectivity index (χ3v) is 3.43. The van der Waals surface area contributed by atoms with Crippen LogP contribution in [0.1, 0.15) is 22.3 Å². The monoisotopic (exact) mass is 282 g/mol. The van der Waals surface area contributed by atoms with Crippen LogP contribution in [0.3, 0.4) is 0 Å². The van der Waals surface area contributed by atoms with Crippen molar-refractivity contribution in [2.45, 2.75) is 20.5 Å². The molecule has 2 N–H and O–H groups in total. The lowest BCUT2D eigenvalue weighted by molar-refractivity contribution is -0.131. The summed E-state index contributed by atoms with van der Waals surface area (Å²) < 4.78 is 0. The molecule has 0 fully saturated rings. The summed E-state index contributed by atoms with van der Waals surface area (Å²) in [6, 6.07) is 8.03. The van der Waals surface area contributed by atoms with Crippen LogP contribution in [0.5, 0.6) is 0 Å². The van der Waals surface area contributed by atoms with Gasteiger partial charge in [-0.2, -0.15) is 0 Å². The van der Waals surface area contributed by atoms with Crippen molar-refractivity contribution in [2.24, 2.45) is 0 Å². The highest BCUT2D eigenvalue weighted by molar-refractivity contribution is 5.95. The predicted molar refractivity (Wildman–Crippen MR) is 85.2 cm³/mol. The summed E-state index contributed by atoms with van der Waals surface area (Å²) in [5.41, 5.74) is 4.19. The Bertz CT molecular complexity index is 740. The summed E-state index contributed by atoms with van der Waals surface area (Å²) in [6.07, 6.45) is 6.27. The molecule has 0 aliphatic heterocycles. The molecule has 0 amide bonds. The minimum atomic E-state index is -0.960. The molecule has 0 heterocycles. The van der Waals surface area contributed by atoms with Crippen LogP contribution in [0.15, 0.2) is 42.5 Å². The van der Waals surface area contributed by atoms with Gasteiger partial charge in [0.1, 0.15) is 0 Å². The van der Waals surface area contributed by atoms with Crippen molar-refractivity contribution in [3.05, 3.63) is 64.7 Å². The molecule has 0 radical (unpaired) electrons. The van der Waals surface area contributed by atoms with Gasteiger partial charge in [-0.3, -0.25) is 0 Å². The van der Waals surface area contributed by atoms with E-state index in [1.165, 1.54) is 6.08 Å². The highest BCUT2D eigenvalue weighted by Gasteiger charge is 2.06. The quantitative estimate of drug-likeness (QED) is 0.665. The molecular formula is C18H18O3. The summed E-state index contributed by atoms with van der Waals surface area (Å²) in [4.78, 5) is 10.5. The maximum atomic E-state index is 10.5. The number of aliphatic hydroxyl groups is 1. The first-order valence-corrected chi connectivity index (χ1v) is 6.74. The number of rotatable bonds is 4. The lowest BCUT2D eigenvalue weighted by atomic mass is 9.94. The molecule has 0 bridgehead atoms. The SMILES string of the molecule is Cc1ccc2cc(CO)cc(C)c2c1/C=C/C=C/C(=O)O. The molecule has 2 rings (SSSR count). The Hall–Kier alpha value is -2.39. The second-order valence-corrected chi connectivity index (χ2v) is 5.02. The van der Waals surface area contributed by atoms with E-state index in [2.05, 4.69) is 0 Å². The van der Waals surface area contributed by atoms with Crippen LogP contribution in [0.25, 0.3) is 16.8 Å². The van der Waals surface area contributed by atoms with Crippen molar-refractivity contribution >= 4 is 22.8 Å². The van der Waals surface area contributed by atoms with Crippen LogP contribution in [-0.4, -0.2) is 16.2 Å². The third-order valence-electron chi connectivity index (χ3n) is 3.43. The number of aliphatic carboxylic acids is 1. The summed E-state index contributed by atoms with van der Waals surface area (Å²) in [6.45, 7) is 4.07. The topological polar surface area (TPSA) is 57.5 Å². The molecule has 0 atom stereocenters. The van der Waals surface area contributed by atoms with E-state index in [0.717, 1.165) is 39.1 Å². The molecule has 0 aromatic heterocycles. The van der Waals surface area contributed by atoms with Gasteiger partial charge in [-0.1, -0.05) is 36.4 Å². The number of carboxylic acid groups (broad SMARTS) is 1. The van der Waals surface area contributed by atoms with Gasteiger partial charge in [0.2, 0.25) is 0 Å². The first-order valence-electron chi connectivity index (χ1n) is 6.74. The van der Waals surface area contributed by atoms with E-state index >= 15 is 0 Å². The second-order valence-electron chi connectivity index (χ2n) is 5.02. The van der Waals surface area contributed by atoms with E-state index < -0.39 is 5.97 Å². The minimum Gasteiger partial charge on any atom is -0.478 e. The Kier molecular flexibility index (Phi) is 4.55. The van der Waals surface area contributed by atoms with Gasteiger partial charge in [0.05, 0.1) is 6.61 Å². The molecule has 3 nitrogen and oxygen atoms in total. The van der Waals surface area contributed by atoms with Crippen LogP contribution in [0, 0.1) is 13.8 Å². The van der Waals surface area contributed by atoms with Crippen molar-refractivity contribution in [1.29, 1.82) is 0 Å². The standard InChI is InChI=1S/C18H18O3/c1-12-7-8-15-10-14(11-19)9-13(2)18(15)16(12)5-3-4-6-17(20)21/h3-10,19H,11H2,1-2H3,(H,20,21)/b5-3+,6-4+. The molecule has 3 heteroatoms. The van der Waals surface area contributed by atoms with Crippen LogP contribution in [-0.2, 0) is 11.4 Å². The molecule has 0 aliphatic rings. The van der Waals surface area contributed by atoms with Crippen LogP contribution in [0.2, 0.25) is 0 Å². The zero-order chi connectivity index (χ0) is 15.4. The van der Waals surface area contributed by atoms with E-state index in [0.29, 0.717) is 0 Å². The zero-order valence-electron chi connectivity index (χ0n) is 12.1. The maximum Gasteiger partial charge on any atom is 0.328 e. The van der Waals surface area contributed by atoms with E-state index in [4.69, 9.17) is 5.11 Å². The predicted octanol–water partition coefficient (Wildman–Crippen LogP) is 3.60. The number of hydrogen-bond donors (Lipinski definition) is 2. The zero-order valence-corrected chi connectivity index (χ0v) is 12.1. The Morgan fingerprint density at radius 2 is 1.90 bits per heavy atom. The number of aryl methyl sites for hydroxylation is 2. The van der Waals surface area contributed by atoms with E-state index in [9.17, 15) is 9.90 Å². The van der Waals surface area contributed by atoms with Crippen molar-refractivity contribution in [2.75, 3.05) is 0 Å². The fourth-order valence-corrected chi connectivity index (χ4v) is 2.49. The highest BCUT2D eigenvalue weighted by atomic mass is 16.4. The van der Waals surface area contributed by atoms with E-state index in [1.807, 2.05) is 44.2 Å². The first kappa shape index (κ1) is 15.0. The Morgan fingerprint density at radius 3 is 2.57 bits per heavy atom. The van der Waals surface area contributed by atoms with Gasteiger partial charge in [0.15, 0.2) is 0 Å². The largest absolute Gasteiger partial charge is 0.478 e. The smallest absolute Gasteiger partial charge is 0.328 e. The van der Waals surface area contributed by atoms with Gasteiger partial charge in [0, 0.05) is 6.08 Å². The van der Waals surface area contributed by atoms with Crippen molar-refractivity contribution < 1.29 is 15.0 Å². The van der Waals surface area contributed by atoms with Gasteiger partial charge in [-0.15, -0.1) is 0 Å². The summed E-state index contributed by atoms with van der Waals surface area (Å²) in [5.74, 6) is -0.960. The molecule has 21 heavy (non-hydrogen) atoms. The molecule has 0 saturated carbocycles. The Balaban J connectivity index is 2.56. The van der Waals surface area contributed by atoms with Crippen LogP contribution >= 0.6 is 0 Å².